The van der Waals surface area contributed by atoms with Crippen molar-refractivity contribution >= 4 is 10.0 Å². The molecule has 1 saturated heterocycles. The maximum Gasteiger partial charge on any atom is 0.240 e. The summed E-state index contributed by atoms with van der Waals surface area (Å²) < 4.78 is 33.0. The van der Waals surface area contributed by atoms with Gasteiger partial charge < -0.3 is 10.5 Å². The first-order chi connectivity index (χ1) is 9.38. The van der Waals surface area contributed by atoms with Crippen LogP contribution in [-0.2, 0) is 14.8 Å². The van der Waals surface area contributed by atoms with Crippen molar-refractivity contribution in [1.29, 1.82) is 0 Å². The maximum absolute atomic E-state index is 12.4. The molecule has 1 aliphatic rings. The van der Waals surface area contributed by atoms with Crippen molar-refractivity contribution in [3.05, 3.63) is 29.8 Å². The van der Waals surface area contributed by atoms with Gasteiger partial charge in [-0.2, -0.15) is 0 Å². The van der Waals surface area contributed by atoms with Crippen LogP contribution in [0.25, 0.3) is 0 Å². The Morgan fingerprint density at radius 1 is 1.45 bits per heavy atom. The molecule has 5 nitrogen and oxygen atoms in total. The number of rotatable bonds is 4. The summed E-state index contributed by atoms with van der Waals surface area (Å²) >= 11 is 0. The predicted molar refractivity (Wildman–Crippen MR) is 77.8 cm³/mol. The quantitative estimate of drug-likeness (QED) is 0.883. The third-order valence-corrected chi connectivity index (χ3v) is 5.02. The lowest BCUT2D eigenvalue weighted by Gasteiger charge is -2.27. The van der Waals surface area contributed by atoms with Crippen LogP contribution in [0.3, 0.4) is 0 Å². The summed E-state index contributed by atoms with van der Waals surface area (Å²) in [5, 5.41) is 0. The molecule has 20 heavy (non-hydrogen) atoms. The predicted octanol–water partition coefficient (Wildman–Crippen LogP) is 1.55. The van der Waals surface area contributed by atoms with E-state index in [2.05, 4.69) is 4.72 Å². The van der Waals surface area contributed by atoms with Gasteiger partial charge in [0.15, 0.2) is 0 Å². The lowest BCUT2D eigenvalue weighted by atomic mass is 10.1. The summed E-state index contributed by atoms with van der Waals surface area (Å²) in [6.07, 6.45) is 1.50. The molecule has 2 rings (SSSR count). The van der Waals surface area contributed by atoms with E-state index >= 15 is 0 Å². The van der Waals surface area contributed by atoms with Gasteiger partial charge in [0.25, 0.3) is 0 Å². The molecule has 0 radical (unpaired) electrons. The zero-order valence-corrected chi connectivity index (χ0v) is 12.7. The molecule has 1 fully saturated rings. The highest BCUT2D eigenvalue weighted by atomic mass is 32.2. The molecular weight excluding hydrogens is 276 g/mol. The molecule has 0 amide bonds. The molecule has 0 aromatic heterocycles. The lowest BCUT2D eigenvalue weighted by Crippen LogP contribution is -2.41. The molecule has 3 N–H and O–H groups in total. The number of hydrogen-bond donors (Lipinski definition) is 2. The normalized spacial score (nSPS) is 25.4. The number of nitrogens with two attached hydrogens (primary N) is 1. The van der Waals surface area contributed by atoms with Crippen molar-refractivity contribution in [1.82, 2.24) is 4.72 Å². The van der Waals surface area contributed by atoms with Gasteiger partial charge in [-0.25, -0.2) is 13.1 Å². The molecule has 0 bridgehead atoms. The average molecular weight is 298 g/mol. The fourth-order valence-corrected chi connectivity index (χ4v) is 3.70. The molecule has 1 aliphatic heterocycles. The van der Waals surface area contributed by atoms with Crippen molar-refractivity contribution < 1.29 is 13.2 Å². The number of hydrogen-bond acceptors (Lipinski definition) is 4. The zero-order chi connectivity index (χ0) is 14.8. The highest BCUT2D eigenvalue weighted by Crippen LogP contribution is 2.19. The Balaban J connectivity index is 2.15. The number of benzene rings is 1. The Labute approximate surface area is 120 Å². The van der Waals surface area contributed by atoms with E-state index in [1.165, 1.54) is 0 Å². The minimum absolute atomic E-state index is 0.0669. The Morgan fingerprint density at radius 3 is 2.85 bits per heavy atom. The van der Waals surface area contributed by atoms with Gasteiger partial charge in [0.2, 0.25) is 10.0 Å². The fraction of sp³-hybridized carbons (Fsp3) is 0.571. The van der Waals surface area contributed by atoms with Gasteiger partial charge in [-0.05, 0) is 44.4 Å². The van der Waals surface area contributed by atoms with Crippen molar-refractivity contribution in [3.63, 3.8) is 0 Å². The molecule has 112 valence electrons. The number of ether oxygens (including phenoxy) is 1. The molecule has 3 unspecified atom stereocenters. The van der Waals surface area contributed by atoms with E-state index in [4.69, 9.17) is 10.5 Å². The third-order valence-electron chi connectivity index (χ3n) is 3.50. The topological polar surface area (TPSA) is 81.4 Å². The second-order valence-electron chi connectivity index (χ2n) is 5.39. The van der Waals surface area contributed by atoms with Crippen molar-refractivity contribution in [2.75, 3.05) is 6.61 Å². The second-order valence-corrected chi connectivity index (χ2v) is 7.10. The summed E-state index contributed by atoms with van der Waals surface area (Å²) in [5.41, 5.74) is 6.61. The highest BCUT2D eigenvalue weighted by molar-refractivity contribution is 7.89. The minimum Gasteiger partial charge on any atom is -0.378 e. The van der Waals surface area contributed by atoms with E-state index in [9.17, 15) is 8.42 Å². The minimum atomic E-state index is -3.50. The molecule has 1 aromatic carbocycles. The Bertz CT molecular complexity index is 557. The molecule has 0 saturated carbocycles. The van der Waals surface area contributed by atoms with Crippen LogP contribution in [0.15, 0.2) is 29.2 Å². The summed E-state index contributed by atoms with van der Waals surface area (Å²) in [6, 6.07) is 6.53. The second kappa shape index (κ2) is 6.22. The van der Waals surface area contributed by atoms with Gasteiger partial charge in [0, 0.05) is 18.7 Å². The first kappa shape index (κ1) is 15.4. The lowest BCUT2D eigenvalue weighted by molar-refractivity contribution is 0.0173. The van der Waals surface area contributed by atoms with Crippen LogP contribution >= 0.6 is 0 Å². The van der Waals surface area contributed by atoms with Gasteiger partial charge in [-0.1, -0.05) is 12.1 Å². The van der Waals surface area contributed by atoms with E-state index < -0.39 is 10.0 Å². The van der Waals surface area contributed by atoms with Gasteiger partial charge in [-0.15, -0.1) is 0 Å². The summed E-state index contributed by atoms with van der Waals surface area (Å²) in [4.78, 5) is 0.270. The van der Waals surface area contributed by atoms with Crippen LogP contribution in [0, 0.1) is 0 Å². The van der Waals surface area contributed by atoms with E-state index in [-0.39, 0.29) is 23.1 Å². The standard InChI is InChI=1S/C14H22N2O3S/c1-10-8-13(6-7-19-10)16-20(17,18)14-5-3-4-12(9-14)11(2)15/h3-5,9-11,13,16H,6-8,15H2,1-2H3. The smallest absolute Gasteiger partial charge is 0.240 e. The molecule has 1 aromatic rings. The molecule has 6 heteroatoms. The zero-order valence-electron chi connectivity index (χ0n) is 11.9. The van der Waals surface area contributed by atoms with Crippen molar-refractivity contribution in [2.45, 2.75) is 49.8 Å². The summed E-state index contributed by atoms with van der Waals surface area (Å²) in [7, 11) is -3.50. The monoisotopic (exact) mass is 298 g/mol. The molecule has 0 spiro atoms. The highest BCUT2D eigenvalue weighted by Gasteiger charge is 2.25. The van der Waals surface area contributed by atoms with E-state index in [0.717, 1.165) is 5.56 Å². The number of nitrogens with one attached hydrogen (secondary N) is 1. The Kier molecular flexibility index (Phi) is 4.80. The summed E-state index contributed by atoms with van der Waals surface area (Å²) in [6.45, 7) is 4.38. The number of sulfonamides is 1. The average Bonchev–Trinajstić information content (AvgIpc) is 2.38. The molecular formula is C14H22N2O3S. The van der Waals surface area contributed by atoms with Gasteiger partial charge in [0.1, 0.15) is 0 Å². The van der Waals surface area contributed by atoms with Crippen LogP contribution in [-0.4, -0.2) is 27.2 Å². The van der Waals surface area contributed by atoms with Crippen LogP contribution in [0.2, 0.25) is 0 Å². The van der Waals surface area contributed by atoms with Gasteiger partial charge in [-0.3, -0.25) is 0 Å². The first-order valence-electron chi connectivity index (χ1n) is 6.88. The van der Waals surface area contributed by atoms with E-state index in [1.54, 1.807) is 18.2 Å². The molecule has 1 heterocycles. The summed E-state index contributed by atoms with van der Waals surface area (Å²) in [5.74, 6) is 0. The SMILES string of the molecule is CC1CC(NS(=O)(=O)c2cccc(C(C)N)c2)CCO1. The van der Waals surface area contributed by atoms with Crippen molar-refractivity contribution in [2.24, 2.45) is 5.73 Å². The van der Waals surface area contributed by atoms with Crippen LogP contribution < -0.4 is 10.5 Å². The van der Waals surface area contributed by atoms with Crippen LogP contribution in [0.4, 0.5) is 0 Å². The fourth-order valence-electron chi connectivity index (χ4n) is 2.36. The molecule has 0 aliphatic carbocycles. The largest absolute Gasteiger partial charge is 0.378 e. The van der Waals surface area contributed by atoms with E-state index in [1.807, 2.05) is 19.9 Å². The maximum atomic E-state index is 12.4. The molecule has 3 atom stereocenters. The Hall–Kier alpha value is -0.950. The van der Waals surface area contributed by atoms with Crippen LogP contribution in [0.5, 0.6) is 0 Å². The Morgan fingerprint density at radius 2 is 2.20 bits per heavy atom. The third kappa shape index (κ3) is 3.79. The van der Waals surface area contributed by atoms with E-state index in [0.29, 0.717) is 19.4 Å². The van der Waals surface area contributed by atoms with Gasteiger partial charge >= 0.3 is 0 Å². The van der Waals surface area contributed by atoms with Crippen LogP contribution in [0.1, 0.15) is 38.3 Å². The van der Waals surface area contributed by atoms with Gasteiger partial charge in [0.05, 0.1) is 11.0 Å². The van der Waals surface area contributed by atoms with Crippen molar-refractivity contribution in [3.8, 4) is 0 Å². The first-order valence-corrected chi connectivity index (χ1v) is 8.36.